The fourth-order valence-corrected chi connectivity index (χ4v) is 2.90. The summed E-state index contributed by atoms with van der Waals surface area (Å²) >= 11 is 0. The maximum Gasteiger partial charge on any atom is 0.344 e. The Labute approximate surface area is 164 Å². The Bertz CT molecular complexity index is 933. The molecule has 0 saturated carbocycles. The molecular formula is C23H24O5. The Morgan fingerprint density at radius 2 is 1.71 bits per heavy atom. The summed E-state index contributed by atoms with van der Waals surface area (Å²) in [5.74, 6) is 0.708. The largest absolute Gasteiger partial charge is 0.493 e. The van der Waals surface area contributed by atoms with Crippen LogP contribution in [-0.4, -0.2) is 24.8 Å². The fourth-order valence-electron chi connectivity index (χ4n) is 2.90. The molecule has 3 aromatic carbocycles. The van der Waals surface area contributed by atoms with Gasteiger partial charge in [0, 0.05) is 18.1 Å². The van der Waals surface area contributed by atoms with Crippen LogP contribution >= 0.6 is 0 Å². The van der Waals surface area contributed by atoms with E-state index in [4.69, 9.17) is 14.2 Å². The molecule has 0 fully saturated rings. The number of rotatable bonds is 8. The molecule has 1 N–H and O–H groups in total. The van der Waals surface area contributed by atoms with Gasteiger partial charge in [-0.1, -0.05) is 49.7 Å². The number of esters is 1. The number of aliphatic hydroxyl groups is 1. The van der Waals surface area contributed by atoms with Crippen molar-refractivity contribution in [1.29, 1.82) is 0 Å². The van der Waals surface area contributed by atoms with Crippen molar-refractivity contribution < 1.29 is 24.1 Å². The summed E-state index contributed by atoms with van der Waals surface area (Å²) in [7, 11) is 1.42. The molecular weight excluding hydrogens is 356 g/mol. The summed E-state index contributed by atoms with van der Waals surface area (Å²) in [6.45, 7) is 2.76. The third-order valence-corrected chi connectivity index (χ3v) is 4.46. The SMILES string of the molecule is CCCCOc1ccc(C(=O)Oc2ccc(C(O)OC)cc2)c2ccccc12. The van der Waals surface area contributed by atoms with Gasteiger partial charge in [-0.05, 0) is 36.1 Å². The molecule has 146 valence electrons. The summed E-state index contributed by atoms with van der Waals surface area (Å²) in [6.07, 6.45) is 1.03. The highest BCUT2D eigenvalue weighted by atomic mass is 16.6. The first kappa shape index (κ1) is 19.9. The molecule has 1 unspecified atom stereocenters. The van der Waals surface area contributed by atoms with E-state index in [9.17, 15) is 9.90 Å². The summed E-state index contributed by atoms with van der Waals surface area (Å²) in [4.78, 5) is 12.7. The maximum atomic E-state index is 12.7. The predicted octanol–water partition coefficient (Wildman–Crippen LogP) is 4.88. The van der Waals surface area contributed by atoms with E-state index < -0.39 is 12.3 Å². The van der Waals surface area contributed by atoms with Crippen molar-refractivity contribution in [3.8, 4) is 11.5 Å². The van der Waals surface area contributed by atoms with Gasteiger partial charge < -0.3 is 19.3 Å². The lowest BCUT2D eigenvalue weighted by Crippen LogP contribution is -2.10. The van der Waals surface area contributed by atoms with E-state index >= 15 is 0 Å². The molecule has 0 amide bonds. The molecule has 0 spiro atoms. The van der Waals surface area contributed by atoms with Crippen LogP contribution in [0.3, 0.4) is 0 Å². The first-order valence-electron chi connectivity index (χ1n) is 9.31. The standard InChI is InChI=1S/C23H24O5/c1-3-4-15-27-21-14-13-20(18-7-5-6-8-19(18)21)23(25)28-17-11-9-16(10-12-17)22(24)26-2/h5-14,22,24H,3-4,15H2,1-2H3. The van der Waals surface area contributed by atoms with Gasteiger partial charge in [-0.25, -0.2) is 4.79 Å². The third kappa shape index (κ3) is 4.50. The minimum Gasteiger partial charge on any atom is -0.493 e. The van der Waals surface area contributed by atoms with E-state index in [2.05, 4.69) is 6.92 Å². The predicted molar refractivity (Wildman–Crippen MR) is 108 cm³/mol. The zero-order valence-corrected chi connectivity index (χ0v) is 16.1. The van der Waals surface area contributed by atoms with Gasteiger partial charge in [-0.15, -0.1) is 0 Å². The maximum absolute atomic E-state index is 12.7. The van der Waals surface area contributed by atoms with Gasteiger partial charge in [0.05, 0.1) is 12.2 Å². The number of fused-ring (bicyclic) bond motifs is 1. The average molecular weight is 380 g/mol. The molecule has 0 bridgehead atoms. The van der Waals surface area contributed by atoms with Crippen molar-refractivity contribution in [3.05, 3.63) is 71.8 Å². The van der Waals surface area contributed by atoms with Crippen molar-refractivity contribution in [1.82, 2.24) is 0 Å². The van der Waals surface area contributed by atoms with Gasteiger partial charge in [0.25, 0.3) is 0 Å². The lowest BCUT2D eigenvalue weighted by Gasteiger charge is -2.13. The molecule has 5 nitrogen and oxygen atoms in total. The smallest absolute Gasteiger partial charge is 0.344 e. The Hall–Kier alpha value is -2.89. The molecule has 0 saturated heterocycles. The van der Waals surface area contributed by atoms with E-state index in [1.165, 1.54) is 7.11 Å². The van der Waals surface area contributed by atoms with Crippen LogP contribution in [0.5, 0.6) is 11.5 Å². The van der Waals surface area contributed by atoms with E-state index in [-0.39, 0.29) is 0 Å². The number of ether oxygens (including phenoxy) is 3. The first-order valence-corrected chi connectivity index (χ1v) is 9.31. The Kier molecular flexibility index (Phi) is 6.63. The molecule has 1 atom stereocenters. The third-order valence-electron chi connectivity index (χ3n) is 4.46. The van der Waals surface area contributed by atoms with Crippen LogP contribution in [-0.2, 0) is 4.74 Å². The lowest BCUT2D eigenvalue weighted by atomic mass is 10.0. The van der Waals surface area contributed by atoms with Crippen LogP contribution in [0.25, 0.3) is 10.8 Å². The summed E-state index contributed by atoms with van der Waals surface area (Å²) in [5, 5.41) is 11.3. The Morgan fingerprint density at radius 1 is 1.00 bits per heavy atom. The quantitative estimate of drug-likeness (QED) is 0.261. The molecule has 0 radical (unpaired) electrons. The second-order valence-electron chi connectivity index (χ2n) is 6.41. The Balaban J connectivity index is 1.83. The van der Waals surface area contributed by atoms with Crippen LogP contribution < -0.4 is 9.47 Å². The molecule has 0 aliphatic heterocycles. The second-order valence-corrected chi connectivity index (χ2v) is 6.41. The van der Waals surface area contributed by atoms with Crippen molar-refractivity contribution in [2.24, 2.45) is 0 Å². The monoisotopic (exact) mass is 380 g/mol. The van der Waals surface area contributed by atoms with E-state index in [0.29, 0.717) is 23.5 Å². The zero-order valence-electron chi connectivity index (χ0n) is 16.1. The highest BCUT2D eigenvalue weighted by Gasteiger charge is 2.15. The topological polar surface area (TPSA) is 65.0 Å². The highest BCUT2D eigenvalue weighted by Crippen LogP contribution is 2.30. The zero-order chi connectivity index (χ0) is 19.9. The summed E-state index contributed by atoms with van der Waals surface area (Å²) in [5.41, 5.74) is 1.06. The van der Waals surface area contributed by atoms with Crippen molar-refractivity contribution >= 4 is 16.7 Å². The number of methoxy groups -OCH3 is 1. The molecule has 0 aromatic heterocycles. The van der Waals surface area contributed by atoms with E-state index in [1.807, 2.05) is 30.3 Å². The number of carbonyl (C=O) groups excluding carboxylic acids is 1. The first-order chi connectivity index (χ1) is 13.6. The van der Waals surface area contributed by atoms with Crippen LogP contribution in [0.15, 0.2) is 60.7 Å². The van der Waals surface area contributed by atoms with Crippen molar-refractivity contribution in [2.75, 3.05) is 13.7 Å². The van der Waals surface area contributed by atoms with Gasteiger partial charge in [0.2, 0.25) is 0 Å². The van der Waals surface area contributed by atoms with Crippen molar-refractivity contribution in [3.63, 3.8) is 0 Å². The van der Waals surface area contributed by atoms with Crippen LogP contribution in [0, 0.1) is 0 Å². The van der Waals surface area contributed by atoms with E-state index in [1.54, 1.807) is 30.3 Å². The van der Waals surface area contributed by atoms with Crippen LogP contribution in [0.1, 0.15) is 42.0 Å². The Morgan fingerprint density at radius 3 is 2.39 bits per heavy atom. The number of hydrogen-bond acceptors (Lipinski definition) is 5. The molecule has 28 heavy (non-hydrogen) atoms. The minimum atomic E-state index is -1.01. The highest BCUT2D eigenvalue weighted by molar-refractivity contribution is 6.07. The van der Waals surface area contributed by atoms with Crippen LogP contribution in [0.4, 0.5) is 0 Å². The number of benzene rings is 3. The summed E-state index contributed by atoms with van der Waals surface area (Å²) < 4.78 is 16.2. The van der Waals surface area contributed by atoms with Gasteiger partial charge in [0.1, 0.15) is 11.5 Å². The normalized spacial score (nSPS) is 12.0. The van der Waals surface area contributed by atoms with Gasteiger partial charge in [-0.2, -0.15) is 0 Å². The average Bonchev–Trinajstić information content (AvgIpc) is 2.74. The number of unbranched alkanes of at least 4 members (excludes halogenated alkanes) is 1. The van der Waals surface area contributed by atoms with Crippen molar-refractivity contribution in [2.45, 2.75) is 26.1 Å². The molecule has 3 rings (SSSR count). The molecule has 3 aromatic rings. The minimum absolute atomic E-state index is 0.393. The fraction of sp³-hybridized carbons (Fsp3) is 0.261. The number of hydrogen-bond donors (Lipinski definition) is 1. The van der Waals surface area contributed by atoms with Gasteiger partial charge >= 0.3 is 5.97 Å². The summed E-state index contributed by atoms with van der Waals surface area (Å²) in [6, 6.07) is 17.7. The second kappa shape index (κ2) is 9.35. The number of carbonyl (C=O) groups is 1. The van der Waals surface area contributed by atoms with Crippen LogP contribution in [0.2, 0.25) is 0 Å². The lowest BCUT2D eigenvalue weighted by molar-refractivity contribution is -0.0769. The number of aliphatic hydroxyl groups excluding tert-OH is 1. The molecule has 0 heterocycles. The molecule has 0 aliphatic rings. The van der Waals surface area contributed by atoms with Gasteiger partial charge in [0.15, 0.2) is 6.29 Å². The van der Waals surface area contributed by atoms with Gasteiger partial charge in [-0.3, -0.25) is 0 Å². The van der Waals surface area contributed by atoms with E-state index in [0.717, 1.165) is 29.4 Å². The molecule has 5 heteroatoms. The molecule has 0 aliphatic carbocycles.